The predicted octanol–water partition coefficient (Wildman–Crippen LogP) is -0.0650. The van der Waals surface area contributed by atoms with Crippen molar-refractivity contribution in [3.63, 3.8) is 0 Å². The standard InChI is InChI=1S/C12H21N5O2/c1-9(2)14-10(12(18)19)3-4-16-5-6-17-8-13-15-11(17)7-16/h8-10,14H,3-7H2,1-2H3,(H,18,19). The number of carboxylic acids is 1. The second-order valence-corrected chi connectivity index (χ2v) is 5.22. The van der Waals surface area contributed by atoms with Gasteiger partial charge in [0.1, 0.15) is 18.2 Å². The summed E-state index contributed by atoms with van der Waals surface area (Å²) in [5, 5.41) is 20.2. The minimum atomic E-state index is -0.783. The molecule has 1 aromatic rings. The second kappa shape index (κ2) is 6.12. The van der Waals surface area contributed by atoms with Crippen LogP contribution >= 0.6 is 0 Å². The highest BCUT2D eigenvalue weighted by Crippen LogP contribution is 2.10. The molecular formula is C12H21N5O2. The van der Waals surface area contributed by atoms with Gasteiger partial charge >= 0.3 is 5.97 Å². The summed E-state index contributed by atoms with van der Waals surface area (Å²) in [6, 6.07) is -0.314. The Morgan fingerprint density at radius 2 is 2.32 bits per heavy atom. The largest absolute Gasteiger partial charge is 0.480 e. The van der Waals surface area contributed by atoms with Gasteiger partial charge in [-0.3, -0.25) is 9.69 Å². The molecule has 106 valence electrons. The van der Waals surface area contributed by atoms with Crippen molar-refractivity contribution in [2.75, 3.05) is 13.1 Å². The summed E-state index contributed by atoms with van der Waals surface area (Å²) in [6.07, 6.45) is 2.34. The molecule has 19 heavy (non-hydrogen) atoms. The van der Waals surface area contributed by atoms with E-state index in [1.54, 1.807) is 6.33 Å². The number of fused-ring (bicyclic) bond motifs is 1. The lowest BCUT2D eigenvalue weighted by molar-refractivity contribution is -0.140. The van der Waals surface area contributed by atoms with Gasteiger partial charge in [-0.15, -0.1) is 10.2 Å². The number of nitrogens with one attached hydrogen (secondary N) is 1. The maximum absolute atomic E-state index is 11.2. The minimum Gasteiger partial charge on any atom is -0.480 e. The molecule has 1 aliphatic heterocycles. The van der Waals surface area contributed by atoms with Crippen LogP contribution in [0.4, 0.5) is 0 Å². The third-order valence-electron chi connectivity index (χ3n) is 3.28. The number of carbonyl (C=O) groups is 1. The Kier molecular flexibility index (Phi) is 4.49. The van der Waals surface area contributed by atoms with Gasteiger partial charge in [-0.1, -0.05) is 13.8 Å². The Morgan fingerprint density at radius 1 is 1.53 bits per heavy atom. The maximum atomic E-state index is 11.2. The van der Waals surface area contributed by atoms with Crippen LogP contribution in [0.2, 0.25) is 0 Å². The molecule has 7 heteroatoms. The van der Waals surface area contributed by atoms with Crippen molar-refractivity contribution >= 4 is 5.97 Å². The molecule has 1 aliphatic rings. The lowest BCUT2D eigenvalue weighted by atomic mass is 10.1. The Hall–Kier alpha value is -1.47. The monoisotopic (exact) mass is 267 g/mol. The molecule has 7 nitrogen and oxygen atoms in total. The first kappa shape index (κ1) is 14.0. The van der Waals surface area contributed by atoms with Gasteiger partial charge in [-0.05, 0) is 6.42 Å². The van der Waals surface area contributed by atoms with Gasteiger partial charge in [0.15, 0.2) is 0 Å². The molecule has 2 rings (SSSR count). The zero-order chi connectivity index (χ0) is 13.8. The number of hydrogen-bond acceptors (Lipinski definition) is 5. The quantitative estimate of drug-likeness (QED) is 0.751. The highest BCUT2D eigenvalue weighted by Gasteiger charge is 2.22. The first-order chi connectivity index (χ1) is 9.06. The average Bonchev–Trinajstić information content (AvgIpc) is 2.80. The summed E-state index contributed by atoms with van der Waals surface area (Å²) in [4.78, 5) is 13.4. The fourth-order valence-electron chi connectivity index (χ4n) is 2.30. The second-order valence-electron chi connectivity index (χ2n) is 5.22. The number of carboxylic acid groups (broad SMARTS) is 1. The van der Waals surface area contributed by atoms with E-state index in [-0.39, 0.29) is 6.04 Å². The van der Waals surface area contributed by atoms with Gasteiger partial charge in [-0.2, -0.15) is 0 Å². The van der Waals surface area contributed by atoms with E-state index in [9.17, 15) is 4.79 Å². The van der Waals surface area contributed by atoms with Crippen molar-refractivity contribution in [1.82, 2.24) is 25.0 Å². The molecule has 0 fully saturated rings. The molecule has 0 aromatic carbocycles. The van der Waals surface area contributed by atoms with E-state index in [2.05, 4.69) is 20.4 Å². The van der Waals surface area contributed by atoms with Crippen LogP contribution in [-0.4, -0.2) is 55.9 Å². The molecule has 0 aliphatic carbocycles. The Bertz CT molecular complexity index is 432. The van der Waals surface area contributed by atoms with Crippen LogP contribution in [0.15, 0.2) is 6.33 Å². The van der Waals surface area contributed by atoms with E-state index < -0.39 is 12.0 Å². The first-order valence-electron chi connectivity index (χ1n) is 6.64. The highest BCUT2D eigenvalue weighted by atomic mass is 16.4. The summed E-state index contributed by atoms with van der Waals surface area (Å²) in [6.45, 7) is 7.20. The van der Waals surface area contributed by atoms with E-state index in [0.717, 1.165) is 32.0 Å². The minimum absolute atomic E-state index is 0.172. The summed E-state index contributed by atoms with van der Waals surface area (Å²) in [5.74, 6) is 0.170. The Balaban J connectivity index is 1.83. The third-order valence-corrected chi connectivity index (χ3v) is 3.28. The molecule has 0 saturated carbocycles. The fraction of sp³-hybridized carbons (Fsp3) is 0.750. The Labute approximate surface area is 112 Å². The van der Waals surface area contributed by atoms with Crippen LogP contribution in [0.5, 0.6) is 0 Å². The summed E-state index contributed by atoms with van der Waals surface area (Å²) < 4.78 is 2.04. The topological polar surface area (TPSA) is 83.3 Å². The van der Waals surface area contributed by atoms with Crippen LogP contribution < -0.4 is 5.32 Å². The van der Waals surface area contributed by atoms with Gasteiger partial charge in [0.2, 0.25) is 0 Å². The predicted molar refractivity (Wildman–Crippen MR) is 69.6 cm³/mol. The van der Waals surface area contributed by atoms with E-state index in [4.69, 9.17) is 5.11 Å². The van der Waals surface area contributed by atoms with Gasteiger partial charge in [0.05, 0.1) is 6.54 Å². The van der Waals surface area contributed by atoms with Crippen LogP contribution in [-0.2, 0) is 17.9 Å². The molecule has 1 unspecified atom stereocenters. The number of hydrogen-bond donors (Lipinski definition) is 2. The molecule has 2 heterocycles. The molecule has 0 saturated heterocycles. The van der Waals surface area contributed by atoms with E-state index >= 15 is 0 Å². The third kappa shape index (κ3) is 3.74. The van der Waals surface area contributed by atoms with Crippen molar-refractivity contribution in [2.24, 2.45) is 0 Å². The average molecular weight is 267 g/mol. The number of rotatable bonds is 6. The summed E-state index contributed by atoms with van der Waals surface area (Å²) in [5.41, 5.74) is 0. The van der Waals surface area contributed by atoms with Gasteiger partial charge in [0.25, 0.3) is 0 Å². The van der Waals surface area contributed by atoms with Crippen molar-refractivity contribution in [3.05, 3.63) is 12.2 Å². The lowest BCUT2D eigenvalue weighted by Crippen LogP contribution is -2.44. The van der Waals surface area contributed by atoms with E-state index in [1.165, 1.54) is 0 Å². The SMILES string of the molecule is CC(C)NC(CCN1CCn2cnnc2C1)C(=O)O. The van der Waals surface area contributed by atoms with Gasteiger partial charge in [0, 0.05) is 25.7 Å². The van der Waals surface area contributed by atoms with E-state index in [1.807, 2.05) is 18.4 Å². The molecule has 0 amide bonds. The smallest absolute Gasteiger partial charge is 0.320 e. The summed E-state index contributed by atoms with van der Waals surface area (Å²) >= 11 is 0. The number of aliphatic carboxylic acids is 1. The van der Waals surface area contributed by atoms with Crippen molar-refractivity contribution in [3.8, 4) is 0 Å². The molecular weight excluding hydrogens is 246 g/mol. The fourth-order valence-corrected chi connectivity index (χ4v) is 2.30. The molecule has 0 bridgehead atoms. The van der Waals surface area contributed by atoms with Gasteiger partial charge in [-0.25, -0.2) is 0 Å². The zero-order valence-electron chi connectivity index (χ0n) is 11.4. The van der Waals surface area contributed by atoms with Crippen LogP contribution in [0.3, 0.4) is 0 Å². The van der Waals surface area contributed by atoms with Crippen LogP contribution in [0.25, 0.3) is 0 Å². The van der Waals surface area contributed by atoms with Gasteiger partial charge < -0.3 is 15.0 Å². The van der Waals surface area contributed by atoms with Crippen molar-refractivity contribution in [2.45, 2.75) is 45.4 Å². The van der Waals surface area contributed by atoms with Crippen molar-refractivity contribution < 1.29 is 9.90 Å². The molecule has 0 radical (unpaired) electrons. The normalized spacial score (nSPS) is 17.4. The zero-order valence-corrected chi connectivity index (χ0v) is 11.4. The lowest BCUT2D eigenvalue weighted by Gasteiger charge is -2.28. The van der Waals surface area contributed by atoms with Crippen LogP contribution in [0.1, 0.15) is 26.1 Å². The number of nitrogens with zero attached hydrogens (tertiary/aromatic N) is 4. The highest BCUT2D eigenvalue weighted by molar-refractivity contribution is 5.73. The molecule has 1 aromatic heterocycles. The molecule has 2 N–H and O–H groups in total. The molecule has 1 atom stereocenters. The first-order valence-corrected chi connectivity index (χ1v) is 6.64. The Morgan fingerprint density at radius 3 is 3.00 bits per heavy atom. The van der Waals surface area contributed by atoms with Crippen molar-refractivity contribution in [1.29, 1.82) is 0 Å². The van der Waals surface area contributed by atoms with E-state index in [0.29, 0.717) is 6.42 Å². The number of aromatic nitrogens is 3. The van der Waals surface area contributed by atoms with Crippen LogP contribution in [0, 0.1) is 0 Å². The summed E-state index contributed by atoms with van der Waals surface area (Å²) in [7, 11) is 0. The maximum Gasteiger partial charge on any atom is 0.320 e. The molecule has 0 spiro atoms.